The van der Waals surface area contributed by atoms with Gasteiger partial charge in [0.05, 0.1) is 5.56 Å². The van der Waals surface area contributed by atoms with Crippen LogP contribution in [0.1, 0.15) is 21.9 Å². The van der Waals surface area contributed by atoms with Crippen LogP contribution in [0.3, 0.4) is 0 Å². The van der Waals surface area contributed by atoms with Crippen molar-refractivity contribution in [2.45, 2.75) is 13.8 Å². The first-order valence-electron chi connectivity index (χ1n) is 5.63. The van der Waals surface area contributed by atoms with Gasteiger partial charge in [-0.3, -0.25) is 4.79 Å². The quantitative estimate of drug-likeness (QED) is 0.885. The summed E-state index contributed by atoms with van der Waals surface area (Å²) in [7, 11) is 1.69. The van der Waals surface area contributed by atoms with Gasteiger partial charge in [0.15, 0.2) is 0 Å². The molecule has 1 heterocycles. The third-order valence-electron chi connectivity index (χ3n) is 2.81. The standard InChI is InChI=1S/C14H15NO3/c1-9-8-13(10(2)18-9)14(17)15(3)11-4-6-12(16)7-5-11/h4-8,16H,1-3H3. The van der Waals surface area contributed by atoms with E-state index in [2.05, 4.69) is 0 Å². The number of anilines is 1. The van der Waals surface area contributed by atoms with E-state index in [9.17, 15) is 9.90 Å². The first kappa shape index (κ1) is 12.2. The molecule has 4 heteroatoms. The molecule has 1 N–H and O–H groups in total. The number of benzene rings is 1. The van der Waals surface area contributed by atoms with Crippen molar-refractivity contribution in [2.75, 3.05) is 11.9 Å². The van der Waals surface area contributed by atoms with Crippen molar-refractivity contribution in [3.05, 3.63) is 47.4 Å². The molecule has 1 aromatic carbocycles. The lowest BCUT2D eigenvalue weighted by molar-refractivity contribution is 0.0991. The Hall–Kier alpha value is -2.23. The molecule has 0 radical (unpaired) electrons. The van der Waals surface area contributed by atoms with Crippen LogP contribution in [-0.2, 0) is 0 Å². The molecular weight excluding hydrogens is 230 g/mol. The summed E-state index contributed by atoms with van der Waals surface area (Å²) in [5.41, 5.74) is 1.28. The second kappa shape index (κ2) is 4.56. The SMILES string of the molecule is Cc1cc(C(=O)N(C)c2ccc(O)cc2)c(C)o1. The van der Waals surface area contributed by atoms with E-state index in [1.54, 1.807) is 44.3 Å². The number of aromatic hydroxyl groups is 1. The summed E-state index contributed by atoms with van der Waals surface area (Å²) in [4.78, 5) is 13.8. The van der Waals surface area contributed by atoms with Crippen LogP contribution in [-0.4, -0.2) is 18.1 Å². The lowest BCUT2D eigenvalue weighted by Gasteiger charge is -2.16. The summed E-state index contributed by atoms with van der Waals surface area (Å²) in [5.74, 6) is 1.38. The van der Waals surface area contributed by atoms with Gasteiger partial charge in [-0.2, -0.15) is 0 Å². The first-order chi connectivity index (χ1) is 8.49. The number of furan rings is 1. The van der Waals surface area contributed by atoms with E-state index in [1.165, 1.54) is 4.90 Å². The number of nitrogens with zero attached hydrogens (tertiary/aromatic N) is 1. The Bertz CT molecular complexity index is 569. The van der Waals surface area contributed by atoms with Gasteiger partial charge in [-0.25, -0.2) is 0 Å². The minimum atomic E-state index is -0.130. The van der Waals surface area contributed by atoms with Crippen molar-refractivity contribution in [1.29, 1.82) is 0 Å². The molecule has 0 atom stereocenters. The van der Waals surface area contributed by atoms with Crippen LogP contribution in [0.2, 0.25) is 0 Å². The molecule has 0 unspecified atom stereocenters. The molecule has 0 fully saturated rings. The molecule has 4 nitrogen and oxygen atoms in total. The Morgan fingerprint density at radius 2 is 1.83 bits per heavy atom. The van der Waals surface area contributed by atoms with E-state index in [0.717, 1.165) is 11.4 Å². The molecular formula is C14H15NO3. The normalized spacial score (nSPS) is 10.4. The Kier molecular flexibility index (Phi) is 3.10. The van der Waals surface area contributed by atoms with Crippen LogP contribution in [0, 0.1) is 13.8 Å². The van der Waals surface area contributed by atoms with Crippen molar-refractivity contribution >= 4 is 11.6 Å². The van der Waals surface area contributed by atoms with Gasteiger partial charge in [0.25, 0.3) is 5.91 Å². The number of hydrogen-bond donors (Lipinski definition) is 1. The van der Waals surface area contributed by atoms with E-state index in [0.29, 0.717) is 11.3 Å². The smallest absolute Gasteiger partial charge is 0.261 e. The molecule has 0 saturated heterocycles. The van der Waals surface area contributed by atoms with E-state index in [4.69, 9.17) is 4.42 Å². The number of amides is 1. The van der Waals surface area contributed by atoms with Crippen molar-refractivity contribution in [3.8, 4) is 5.75 Å². The molecule has 1 amide bonds. The molecule has 0 aliphatic heterocycles. The summed E-state index contributed by atoms with van der Waals surface area (Å²) in [6.07, 6.45) is 0. The molecule has 0 aliphatic carbocycles. The molecule has 2 aromatic rings. The number of phenolic OH excluding ortho intramolecular Hbond substituents is 1. The molecule has 0 aliphatic rings. The average Bonchev–Trinajstić information content (AvgIpc) is 2.67. The van der Waals surface area contributed by atoms with Gasteiger partial charge >= 0.3 is 0 Å². The predicted octanol–water partition coefficient (Wildman–Crippen LogP) is 2.88. The number of aryl methyl sites for hydroxylation is 2. The maximum absolute atomic E-state index is 12.3. The van der Waals surface area contributed by atoms with Crippen LogP contribution in [0.4, 0.5) is 5.69 Å². The lowest BCUT2D eigenvalue weighted by Crippen LogP contribution is -2.26. The Morgan fingerprint density at radius 1 is 1.22 bits per heavy atom. The van der Waals surface area contributed by atoms with Crippen molar-refractivity contribution in [3.63, 3.8) is 0 Å². The largest absolute Gasteiger partial charge is 0.508 e. The van der Waals surface area contributed by atoms with Gasteiger partial charge in [-0.1, -0.05) is 0 Å². The highest BCUT2D eigenvalue weighted by molar-refractivity contribution is 6.06. The third kappa shape index (κ3) is 2.22. The summed E-state index contributed by atoms with van der Waals surface area (Å²) >= 11 is 0. The van der Waals surface area contributed by atoms with Crippen LogP contribution in [0.5, 0.6) is 5.75 Å². The highest BCUT2D eigenvalue weighted by atomic mass is 16.3. The second-order valence-corrected chi connectivity index (χ2v) is 4.21. The van der Waals surface area contributed by atoms with Gasteiger partial charge < -0.3 is 14.4 Å². The van der Waals surface area contributed by atoms with Crippen molar-refractivity contribution < 1.29 is 14.3 Å². The molecule has 2 rings (SSSR count). The number of hydrogen-bond acceptors (Lipinski definition) is 3. The van der Waals surface area contributed by atoms with Gasteiger partial charge in [0.1, 0.15) is 17.3 Å². The number of carbonyl (C=O) groups excluding carboxylic acids is 1. The molecule has 94 valence electrons. The third-order valence-corrected chi connectivity index (χ3v) is 2.81. The monoisotopic (exact) mass is 245 g/mol. The highest BCUT2D eigenvalue weighted by Crippen LogP contribution is 2.21. The van der Waals surface area contributed by atoms with Crippen molar-refractivity contribution in [1.82, 2.24) is 0 Å². The topological polar surface area (TPSA) is 53.7 Å². The number of carbonyl (C=O) groups is 1. The van der Waals surface area contributed by atoms with Crippen molar-refractivity contribution in [2.24, 2.45) is 0 Å². The Labute approximate surface area is 105 Å². The number of phenols is 1. The maximum atomic E-state index is 12.3. The minimum Gasteiger partial charge on any atom is -0.508 e. The fourth-order valence-electron chi connectivity index (χ4n) is 1.82. The van der Waals surface area contributed by atoms with Crippen LogP contribution >= 0.6 is 0 Å². The zero-order valence-electron chi connectivity index (χ0n) is 10.6. The van der Waals surface area contributed by atoms with Gasteiger partial charge in [0.2, 0.25) is 0 Å². The lowest BCUT2D eigenvalue weighted by atomic mass is 10.2. The van der Waals surface area contributed by atoms with E-state index in [-0.39, 0.29) is 11.7 Å². The Balaban J connectivity index is 2.29. The summed E-state index contributed by atoms with van der Waals surface area (Å²) < 4.78 is 5.35. The summed E-state index contributed by atoms with van der Waals surface area (Å²) in [5, 5.41) is 9.22. The fourth-order valence-corrected chi connectivity index (χ4v) is 1.82. The first-order valence-corrected chi connectivity index (χ1v) is 5.63. The molecule has 0 bridgehead atoms. The molecule has 18 heavy (non-hydrogen) atoms. The fraction of sp³-hybridized carbons (Fsp3) is 0.214. The number of rotatable bonds is 2. The van der Waals surface area contributed by atoms with Crippen LogP contribution in [0.25, 0.3) is 0 Å². The average molecular weight is 245 g/mol. The van der Waals surface area contributed by atoms with Crippen LogP contribution < -0.4 is 4.90 Å². The summed E-state index contributed by atoms with van der Waals surface area (Å²) in [6, 6.07) is 8.21. The maximum Gasteiger partial charge on any atom is 0.261 e. The highest BCUT2D eigenvalue weighted by Gasteiger charge is 2.18. The zero-order chi connectivity index (χ0) is 13.3. The van der Waals surface area contributed by atoms with E-state index >= 15 is 0 Å². The van der Waals surface area contributed by atoms with Gasteiger partial charge in [-0.05, 0) is 44.2 Å². The Morgan fingerprint density at radius 3 is 2.33 bits per heavy atom. The van der Waals surface area contributed by atoms with Gasteiger partial charge in [0, 0.05) is 12.7 Å². The van der Waals surface area contributed by atoms with Gasteiger partial charge in [-0.15, -0.1) is 0 Å². The zero-order valence-corrected chi connectivity index (χ0v) is 10.6. The molecule has 0 saturated carbocycles. The van der Waals surface area contributed by atoms with Crippen LogP contribution in [0.15, 0.2) is 34.7 Å². The molecule has 0 spiro atoms. The molecule has 1 aromatic heterocycles. The predicted molar refractivity (Wildman–Crippen MR) is 69.0 cm³/mol. The van der Waals surface area contributed by atoms with E-state index in [1.807, 2.05) is 6.92 Å². The second-order valence-electron chi connectivity index (χ2n) is 4.21. The minimum absolute atomic E-state index is 0.130. The van der Waals surface area contributed by atoms with E-state index < -0.39 is 0 Å². The summed E-state index contributed by atoms with van der Waals surface area (Å²) in [6.45, 7) is 3.58.